The zero-order valence-corrected chi connectivity index (χ0v) is 12.0. The summed E-state index contributed by atoms with van der Waals surface area (Å²) in [5.74, 6) is -0.0388. The zero-order chi connectivity index (χ0) is 14.5. The Balaban J connectivity index is 1.97. The Labute approximate surface area is 123 Å². The second-order valence-corrected chi connectivity index (χ2v) is 5.20. The van der Waals surface area contributed by atoms with Crippen molar-refractivity contribution in [1.29, 1.82) is 0 Å². The van der Waals surface area contributed by atoms with Crippen LogP contribution in [0.4, 0.5) is 5.69 Å². The van der Waals surface area contributed by atoms with Gasteiger partial charge in [0.1, 0.15) is 0 Å². The maximum absolute atomic E-state index is 12.0. The summed E-state index contributed by atoms with van der Waals surface area (Å²) in [5, 5.41) is 3.62. The fraction of sp³-hybridized carbons (Fsp3) is 0.188. The van der Waals surface area contributed by atoms with Gasteiger partial charge in [-0.2, -0.15) is 0 Å². The molecule has 1 amide bonds. The van der Waals surface area contributed by atoms with E-state index in [1.54, 1.807) is 6.07 Å². The van der Waals surface area contributed by atoms with E-state index in [2.05, 4.69) is 5.32 Å². The molecule has 2 rings (SSSR count). The first-order valence-electron chi connectivity index (χ1n) is 6.44. The molecule has 0 radical (unpaired) electrons. The van der Waals surface area contributed by atoms with Crippen LogP contribution in [0, 0.1) is 0 Å². The van der Waals surface area contributed by atoms with E-state index in [0.717, 1.165) is 11.1 Å². The molecule has 104 valence electrons. The largest absolute Gasteiger partial charge is 0.399 e. The lowest BCUT2D eigenvalue weighted by Crippen LogP contribution is -2.28. The molecule has 0 saturated heterocycles. The van der Waals surface area contributed by atoms with Gasteiger partial charge in [-0.15, -0.1) is 0 Å². The summed E-state index contributed by atoms with van der Waals surface area (Å²) in [5.41, 5.74) is 8.25. The molecule has 2 aromatic carbocycles. The van der Waals surface area contributed by atoms with Gasteiger partial charge in [0.15, 0.2) is 0 Å². The highest BCUT2D eigenvalue weighted by Gasteiger charge is 2.10. The van der Waals surface area contributed by atoms with Crippen LogP contribution in [-0.4, -0.2) is 5.91 Å². The summed E-state index contributed by atoms with van der Waals surface area (Å²) >= 11 is 5.95. The average Bonchev–Trinajstić information content (AvgIpc) is 2.38. The van der Waals surface area contributed by atoms with Crippen molar-refractivity contribution in [2.75, 3.05) is 5.73 Å². The molecule has 0 saturated carbocycles. The third kappa shape index (κ3) is 4.00. The highest BCUT2D eigenvalue weighted by atomic mass is 35.5. The third-order valence-electron chi connectivity index (χ3n) is 3.04. The molecular formula is C16H17ClN2O. The van der Waals surface area contributed by atoms with Gasteiger partial charge in [0.25, 0.3) is 0 Å². The molecule has 1 unspecified atom stereocenters. The summed E-state index contributed by atoms with van der Waals surface area (Å²) in [6.45, 7) is 1.93. The number of nitrogens with one attached hydrogen (secondary N) is 1. The Morgan fingerprint density at radius 2 is 2.00 bits per heavy atom. The van der Waals surface area contributed by atoms with E-state index in [0.29, 0.717) is 17.1 Å². The topological polar surface area (TPSA) is 55.1 Å². The molecule has 20 heavy (non-hydrogen) atoms. The third-order valence-corrected chi connectivity index (χ3v) is 3.28. The van der Waals surface area contributed by atoms with E-state index in [1.165, 1.54) is 0 Å². The Kier molecular flexibility index (Phi) is 4.64. The van der Waals surface area contributed by atoms with Crippen LogP contribution >= 0.6 is 11.6 Å². The van der Waals surface area contributed by atoms with Crippen LogP contribution in [0.1, 0.15) is 24.1 Å². The molecule has 0 fully saturated rings. The Morgan fingerprint density at radius 3 is 2.70 bits per heavy atom. The second-order valence-electron chi connectivity index (χ2n) is 4.77. The van der Waals surface area contributed by atoms with Gasteiger partial charge in [-0.25, -0.2) is 0 Å². The van der Waals surface area contributed by atoms with Crippen molar-refractivity contribution >= 4 is 23.2 Å². The number of anilines is 1. The maximum atomic E-state index is 12.0. The Morgan fingerprint density at radius 1 is 1.25 bits per heavy atom. The summed E-state index contributed by atoms with van der Waals surface area (Å²) in [6.07, 6.45) is 0.315. The van der Waals surface area contributed by atoms with E-state index >= 15 is 0 Å². The van der Waals surface area contributed by atoms with E-state index in [1.807, 2.05) is 49.4 Å². The summed E-state index contributed by atoms with van der Waals surface area (Å²) in [7, 11) is 0. The molecule has 1 atom stereocenters. The molecule has 0 spiro atoms. The van der Waals surface area contributed by atoms with Gasteiger partial charge < -0.3 is 11.1 Å². The highest BCUT2D eigenvalue weighted by Crippen LogP contribution is 2.17. The van der Waals surface area contributed by atoms with Crippen LogP contribution < -0.4 is 11.1 Å². The van der Waals surface area contributed by atoms with Gasteiger partial charge >= 0.3 is 0 Å². The highest BCUT2D eigenvalue weighted by molar-refractivity contribution is 6.30. The zero-order valence-electron chi connectivity index (χ0n) is 11.3. The Bertz CT molecular complexity index is 613. The number of amides is 1. The molecule has 0 aliphatic carbocycles. The predicted octanol–water partition coefficient (Wildman–Crippen LogP) is 3.34. The van der Waals surface area contributed by atoms with Gasteiger partial charge in [-0.05, 0) is 42.3 Å². The van der Waals surface area contributed by atoms with Gasteiger partial charge in [0.2, 0.25) is 5.91 Å². The van der Waals surface area contributed by atoms with Gasteiger partial charge in [0, 0.05) is 10.7 Å². The number of nitrogens with two attached hydrogens (primary N) is 1. The normalized spacial score (nSPS) is 11.9. The molecule has 2 aromatic rings. The molecule has 0 aliphatic rings. The molecule has 0 aromatic heterocycles. The Hall–Kier alpha value is -2.00. The SMILES string of the molecule is CC(NC(=O)Cc1cccc(N)c1)c1cccc(Cl)c1. The standard InChI is InChI=1S/C16H17ClN2O/c1-11(13-5-3-6-14(17)10-13)19-16(20)9-12-4-2-7-15(18)8-12/h2-8,10-11H,9,18H2,1H3,(H,19,20). The van der Waals surface area contributed by atoms with Crippen molar-refractivity contribution < 1.29 is 4.79 Å². The van der Waals surface area contributed by atoms with Crippen molar-refractivity contribution in [2.24, 2.45) is 0 Å². The minimum Gasteiger partial charge on any atom is -0.399 e. The smallest absolute Gasteiger partial charge is 0.224 e. The average molecular weight is 289 g/mol. The number of hydrogen-bond acceptors (Lipinski definition) is 2. The molecule has 0 aliphatic heterocycles. The van der Waals surface area contributed by atoms with Crippen LogP contribution in [0.25, 0.3) is 0 Å². The molecule has 4 heteroatoms. The maximum Gasteiger partial charge on any atom is 0.224 e. The second kappa shape index (κ2) is 6.44. The van der Waals surface area contributed by atoms with Gasteiger partial charge in [-0.3, -0.25) is 4.79 Å². The van der Waals surface area contributed by atoms with Gasteiger partial charge in [-0.1, -0.05) is 35.9 Å². The van der Waals surface area contributed by atoms with E-state index in [9.17, 15) is 4.79 Å². The quantitative estimate of drug-likeness (QED) is 0.848. The van der Waals surface area contributed by atoms with E-state index < -0.39 is 0 Å². The molecular weight excluding hydrogens is 272 g/mol. The van der Waals surface area contributed by atoms with Crippen molar-refractivity contribution in [3.05, 3.63) is 64.7 Å². The van der Waals surface area contributed by atoms with Crippen LogP contribution in [0.2, 0.25) is 5.02 Å². The number of nitrogen functional groups attached to an aromatic ring is 1. The molecule has 3 nitrogen and oxygen atoms in total. The number of hydrogen-bond donors (Lipinski definition) is 2. The minimum atomic E-state index is -0.0812. The molecule has 3 N–H and O–H groups in total. The van der Waals surface area contributed by atoms with E-state index in [4.69, 9.17) is 17.3 Å². The van der Waals surface area contributed by atoms with Crippen LogP contribution in [0.3, 0.4) is 0 Å². The van der Waals surface area contributed by atoms with Crippen LogP contribution in [-0.2, 0) is 11.2 Å². The summed E-state index contributed by atoms with van der Waals surface area (Å²) in [6, 6.07) is 14.7. The monoisotopic (exact) mass is 288 g/mol. The lowest BCUT2D eigenvalue weighted by Gasteiger charge is -2.14. The number of halogens is 1. The van der Waals surface area contributed by atoms with Crippen LogP contribution in [0.5, 0.6) is 0 Å². The number of carbonyl (C=O) groups excluding carboxylic acids is 1. The van der Waals surface area contributed by atoms with Crippen molar-refractivity contribution in [3.8, 4) is 0 Å². The predicted molar refractivity (Wildman–Crippen MR) is 82.6 cm³/mol. The number of carbonyl (C=O) groups is 1. The van der Waals surface area contributed by atoms with E-state index in [-0.39, 0.29) is 11.9 Å². The van der Waals surface area contributed by atoms with Crippen molar-refractivity contribution in [1.82, 2.24) is 5.32 Å². The first-order chi connectivity index (χ1) is 9.54. The lowest BCUT2D eigenvalue weighted by molar-refractivity contribution is -0.121. The van der Waals surface area contributed by atoms with Gasteiger partial charge in [0.05, 0.1) is 12.5 Å². The van der Waals surface area contributed by atoms with Crippen LogP contribution in [0.15, 0.2) is 48.5 Å². The fourth-order valence-electron chi connectivity index (χ4n) is 2.04. The first kappa shape index (κ1) is 14.4. The fourth-order valence-corrected chi connectivity index (χ4v) is 2.24. The first-order valence-corrected chi connectivity index (χ1v) is 6.81. The van der Waals surface area contributed by atoms with Crippen molar-refractivity contribution in [3.63, 3.8) is 0 Å². The molecule has 0 heterocycles. The summed E-state index contributed by atoms with van der Waals surface area (Å²) in [4.78, 5) is 12.0. The number of rotatable bonds is 4. The van der Waals surface area contributed by atoms with Crippen molar-refractivity contribution in [2.45, 2.75) is 19.4 Å². The lowest BCUT2D eigenvalue weighted by atomic mass is 10.1. The minimum absolute atomic E-state index is 0.0388. The number of benzene rings is 2. The molecule has 0 bridgehead atoms. The summed E-state index contributed by atoms with van der Waals surface area (Å²) < 4.78 is 0.